The highest BCUT2D eigenvalue weighted by Gasteiger charge is 2.33. The fourth-order valence-electron chi connectivity index (χ4n) is 3.21. The number of hydrogen-bond acceptors (Lipinski definition) is 7. The molecule has 8 nitrogen and oxygen atoms in total. The lowest BCUT2D eigenvalue weighted by molar-refractivity contribution is -0.155. The van der Waals surface area contributed by atoms with E-state index >= 15 is 0 Å². The highest BCUT2D eigenvalue weighted by atomic mass is 32.2. The van der Waals surface area contributed by atoms with Crippen molar-refractivity contribution in [1.29, 1.82) is 0 Å². The zero-order valence-corrected chi connectivity index (χ0v) is 16.6. The van der Waals surface area contributed by atoms with E-state index in [0.717, 1.165) is 24.2 Å². The van der Waals surface area contributed by atoms with E-state index in [2.05, 4.69) is 10.2 Å². The number of amides is 1. The van der Waals surface area contributed by atoms with Crippen LogP contribution in [0.2, 0.25) is 0 Å². The van der Waals surface area contributed by atoms with Gasteiger partial charge in [0.1, 0.15) is 11.8 Å². The average molecular weight is 392 g/mol. The molecule has 0 aromatic carbocycles. The molecule has 27 heavy (non-hydrogen) atoms. The van der Waals surface area contributed by atoms with Crippen LogP contribution in [-0.2, 0) is 21.4 Å². The van der Waals surface area contributed by atoms with Gasteiger partial charge in [0.2, 0.25) is 5.91 Å². The number of carbonyl (C=O) groups is 2. The molecule has 3 rings (SSSR count). The van der Waals surface area contributed by atoms with Gasteiger partial charge >= 0.3 is 5.97 Å². The maximum atomic E-state index is 12.7. The molecule has 1 saturated heterocycles. The normalized spacial score (nSPS) is 17.1. The number of rotatable bonds is 6. The predicted molar refractivity (Wildman–Crippen MR) is 100 cm³/mol. The second-order valence-corrected chi connectivity index (χ2v) is 7.34. The summed E-state index contributed by atoms with van der Waals surface area (Å²) in [4.78, 5) is 26.5. The number of hydrogen-bond donors (Lipinski definition) is 0. The second kappa shape index (κ2) is 8.60. The van der Waals surface area contributed by atoms with Gasteiger partial charge in [0.25, 0.3) is 0 Å². The first-order chi connectivity index (χ1) is 13.0. The molecule has 0 saturated carbocycles. The van der Waals surface area contributed by atoms with E-state index in [0.29, 0.717) is 30.6 Å². The van der Waals surface area contributed by atoms with Crippen molar-refractivity contribution in [2.75, 3.05) is 18.9 Å². The third-order valence-electron chi connectivity index (χ3n) is 4.64. The zero-order chi connectivity index (χ0) is 19.4. The van der Waals surface area contributed by atoms with Crippen molar-refractivity contribution in [1.82, 2.24) is 19.7 Å². The second-order valence-electron chi connectivity index (χ2n) is 6.40. The average Bonchev–Trinajstić information content (AvgIpc) is 3.25. The third kappa shape index (κ3) is 4.18. The van der Waals surface area contributed by atoms with Crippen LogP contribution in [0.1, 0.15) is 31.9 Å². The summed E-state index contributed by atoms with van der Waals surface area (Å²) in [6.45, 7) is 4.55. The Hall–Kier alpha value is -2.29. The summed E-state index contributed by atoms with van der Waals surface area (Å²) in [5.41, 5.74) is 0.876. The van der Waals surface area contributed by atoms with E-state index in [-0.39, 0.29) is 17.6 Å². The number of aromatic nitrogens is 3. The SMILES string of the molecule is CCOC(=O)[C@H]1CCCCN1C(=O)CSc1nnc(-c2ccoc2C)n1C. The third-order valence-corrected chi connectivity index (χ3v) is 5.65. The van der Waals surface area contributed by atoms with Gasteiger partial charge < -0.3 is 18.6 Å². The Balaban J connectivity index is 1.66. The van der Waals surface area contributed by atoms with Crippen LogP contribution in [0, 0.1) is 6.92 Å². The highest BCUT2D eigenvalue weighted by Crippen LogP contribution is 2.26. The molecule has 1 atom stereocenters. The molecule has 2 aromatic heterocycles. The maximum absolute atomic E-state index is 12.7. The van der Waals surface area contributed by atoms with E-state index < -0.39 is 6.04 Å². The predicted octanol–water partition coefficient (Wildman–Crippen LogP) is 2.42. The number of aryl methyl sites for hydroxylation is 1. The van der Waals surface area contributed by atoms with Crippen molar-refractivity contribution < 1.29 is 18.7 Å². The Kier molecular flexibility index (Phi) is 6.20. The number of likely N-dealkylation sites (tertiary alicyclic amines) is 1. The Bertz CT molecular complexity index is 816. The Morgan fingerprint density at radius 1 is 1.37 bits per heavy atom. The Morgan fingerprint density at radius 2 is 2.19 bits per heavy atom. The van der Waals surface area contributed by atoms with Crippen molar-refractivity contribution in [3.8, 4) is 11.4 Å². The molecule has 0 bridgehead atoms. The molecule has 1 fully saturated rings. The van der Waals surface area contributed by atoms with Gasteiger partial charge in [-0.2, -0.15) is 0 Å². The van der Waals surface area contributed by atoms with E-state index in [1.54, 1.807) is 18.1 Å². The van der Waals surface area contributed by atoms with Gasteiger partial charge in [0, 0.05) is 13.6 Å². The first kappa shape index (κ1) is 19.5. The number of ether oxygens (including phenoxy) is 1. The molecule has 0 spiro atoms. The van der Waals surface area contributed by atoms with Crippen LogP contribution in [0.5, 0.6) is 0 Å². The number of carbonyl (C=O) groups excluding carboxylic acids is 2. The molecule has 0 aliphatic carbocycles. The lowest BCUT2D eigenvalue weighted by Gasteiger charge is -2.33. The van der Waals surface area contributed by atoms with Gasteiger partial charge in [-0.25, -0.2) is 4.79 Å². The molecule has 2 aromatic rings. The first-order valence-electron chi connectivity index (χ1n) is 9.05. The minimum atomic E-state index is -0.476. The molecule has 3 heterocycles. The van der Waals surface area contributed by atoms with Gasteiger partial charge in [0.05, 0.1) is 24.2 Å². The lowest BCUT2D eigenvalue weighted by Crippen LogP contribution is -2.49. The van der Waals surface area contributed by atoms with Crippen molar-refractivity contribution in [2.24, 2.45) is 7.05 Å². The molecular formula is C18H24N4O4S. The molecule has 0 unspecified atom stereocenters. The van der Waals surface area contributed by atoms with Gasteiger partial charge in [-0.05, 0) is 39.2 Å². The van der Waals surface area contributed by atoms with Crippen LogP contribution in [0.15, 0.2) is 21.9 Å². The molecule has 146 valence electrons. The smallest absolute Gasteiger partial charge is 0.328 e. The first-order valence-corrected chi connectivity index (χ1v) is 10.0. The number of piperidine rings is 1. The van der Waals surface area contributed by atoms with Gasteiger partial charge in [0.15, 0.2) is 11.0 Å². The minimum Gasteiger partial charge on any atom is -0.469 e. The topological polar surface area (TPSA) is 90.5 Å². The summed E-state index contributed by atoms with van der Waals surface area (Å²) >= 11 is 1.32. The maximum Gasteiger partial charge on any atom is 0.328 e. The minimum absolute atomic E-state index is 0.0817. The van der Waals surface area contributed by atoms with Crippen molar-refractivity contribution >= 4 is 23.6 Å². The lowest BCUT2D eigenvalue weighted by atomic mass is 10.0. The Labute approximate surface area is 162 Å². The monoisotopic (exact) mass is 392 g/mol. The molecule has 1 aliphatic heterocycles. The summed E-state index contributed by atoms with van der Waals surface area (Å²) < 4.78 is 12.3. The van der Waals surface area contributed by atoms with E-state index in [1.165, 1.54) is 11.8 Å². The summed E-state index contributed by atoms with van der Waals surface area (Å²) in [6.07, 6.45) is 4.10. The summed E-state index contributed by atoms with van der Waals surface area (Å²) in [5.74, 6) is 1.27. The number of thioether (sulfide) groups is 1. The number of nitrogens with zero attached hydrogens (tertiary/aromatic N) is 4. The number of esters is 1. The molecule has 9 heteroatoms. The quantitative estimate of drug-likeness (QED) is 0.551. The van der Waals surface area contributed by atoms with Crippen LogP contribution >= 0.6 is 11.8 Å². The fraction of sp³-hybridized carbons (Fsp3) is 0.556. The van der Waals surface area contributed by atoms with Crippen LogP contribution in [-0.4, -0.2) is 56.5 Å². The Morgan fingerprint density at radius 3 is 2.89 bits per heavy atom. The van der Waals surface area contributed by atoms with Gasteiger partial charge in [-0.3, -0.25) is 4.79 Å². The van der Waals surface area contributed by atoms with Crippen LogP contribution in [0.3, 0.4) is 0 Å². The van der Waals surface area contributed by atoms with Crippen LogP contribution in [0.25, 0.3) is 11.4 Å². The largest absolute Gasteiger partial charge is 0.469 e. The zero-order valence-electron chi connectivity index (χ0n) is 15.8. The summed E-state index contributed by atoms with van der Waals surface area (Å²) in [5, 5.41) is 9.04. The van der Waals surface area contributed by atoms with Crippen LogP contribution in [0.4, 0.5) is 0 Å². The van der Waals surface area contributed by atoms with Crippen molar-refractivity contribution in [3.63, 3.8) is 0 Å². The molecule has 0 radical (unpaired) electrons. The van der Waals surface area contributed by atoms with E-state index in [1.807, 2.05) is 24.6 Å². The van der Waals surface area contributed by atoms with E-state index in [9.17, 15) is 9.59 Å². The van der Waals surface area contributed by atoms with Crippen LogP contribution < -0.4 is 0 Å². The summed E-state index contributed by atoms with van der Waals surface area (Å²) in [7, 11) is 1.86. The molecule has 0 N–H and O–H groups in total. The highest BCUT2D eigenvalue weighted by molar-refractivity contribution is 7.99. The fourth-order valence-corrected chi connectivity index (χ4v) is 4.01. The van der Waals surface area contributed by atoms with Crippen molar-refractivity contribution in [3.05, 3.63) is 18.1 Å². The van der Waals surface area contributed by atoms with Gasteiger partial charge in [-0.15, -0.1) is 10.2 Å². The molecule has 1 aliphatic rings. The van der Waals surface area contributed by atoms with E-state index in [4.69, 9.17) is 9.15 Å². The summed E-state index contributed by atoms with van der Waals surface area (Å²) in [6, 6.07) is 1.37. The number of furan rings is 1. The molecular weight excluding hydrogens is 368 g/mol. The molecule has 1 amide bonds. The van der Waals surface area contributed by atoms with Gasteiger partial charge in [-0.1, -0.05) is 11.8 Å². The van der Waals surface area contributed by atoms with Crippen molar-refractivity contribution in [2.45, 2.75) is 44.3 Å². The standard InChI is InChI=1S/C18H24N4O4S/c1-4-25-17(24)14-7-5-6-9-22(14)15(23)11-27-18-20-19-16(21(18)3)13-8-10-26-12(13)2/h8,10,14H,4-7,9,11H2,1-3H3/t14-/m1/s1.